The Morgan fingerprint density at radius 2 is 2.24 bits per heavy atom. The molecule has 0 radical (unpaired) electrons. The molecule has 0 aliphatic carbocycles. The Hall–Kier alpha value is -2.08. The number of rotatable bonds is 2. The summed E-state index contributed by atoms with van der Waals surface area (Å²) >= 11 is 5.92. The Morgan fingerprint density at radius 3 is 2.82 bits per heavy atom. The standard InChI is InChI=1S/C10H9ClN4O2/c1-5-2-3-6(4-7(5)11)12-9(16)8-13-10(17)15-14-8/h2-4H,1H3,(H,12,16)(H2,13,14,15,17). The first-order chi connectivity index (χ1) is 8.06. The van der Waals surface area contributed by atoms with E-state index in [4.69, 9.17) is 11.6 Å². The number of halogens is 1. The third kappa shape index (κ3) is 2.54. The molecule has 88 valence electrons. The van der Waals surface area contributed by atoms with E-state index in [0.29, 0.717) is 10.7 Å². The Kier molecular flexibility index (Phi) is 2.97. The molecule has 17 heavy (non-hydrogen) atoms. The summed E-state index contributed by atoms with van der Waals surface area (Å²) in [5.74, 6) is -0.588. The predicted molar refractivity (Wildman–Crippen MR) is 63.4 cm³/mol. The minimum absolute atomic E-state index is 0.0771. The maximum Gasteiger partial charge on any atom is 0.341 e. The molecule has 0 aliphatic heterocycles. The van der Waals surface area contributed by atoms with Gasteiger partial charge in [-0.2, -0.15) is 0 Å². The highest BCUT2D eigenvalue weighted by Crippen LogP contribution is 2.20. The first-order valence-electron chi connectivity index (χ1n) is 4.78. The number of nitrogens with one attached hydrogen (secondary N) is 3. The van der Waals surface area contributed by atoms with Crippen molar-refractivity contribution in [2.24, 2.45) is 0 Å². The van der Waals surface area contributed by atoms with E-state index in [1.807, 2.05) is 6.92 Å². The van der Waals surface area contributed by atoms with E-state index >= 15 is 0 Å². The van der Waals surface area contributed by atoms with Crippen LogP contribution in [0.5, 0.6) is 0 Å². The molecule has 2 rings (SSSR count). The molecule has 0 unspecified atom stereocenters. The SMILES string of the molecule is Cc1ccc(NC(=O)c2n[nH]c(=O)[nH]2)cc1Cl. The van der Waals surface area contributed by atoms with Gasteiger partial charge in [0.25, 0.3) is 5.91 Å². The lowest BCUT2D eigenvalue weighted by Crippen LogP contribution is -2.14. The topological polar surface area (TPSA) is 90.6 Å². The van der Waals surface area contributed by atoms with Gasteiger partial charge in [0, 0.05) is 10.7 Å². The van der Waals surface area contributed by atoms with Crippen molar-refractivity contribution < 1.29 is 4.79 Å². The van der Waals surface area contributed by atoms with E-state index in [1.54, 1.807) is 18.2 Å². The second kappa shape index (κ2) is 4.42. The number of aromatic amines is 2. The van der Waals surface area contributed by atoms with Crippen molar-refractivity contribution in [3.63, 3.8) is 0 Å². The van der Waals surface area contributed by atoms with Gasteiger partial charge >= 0.3 is 5.69 Å². The minimum Gasteiger partial charge on any atom is -0.319 e. The molecule has 6 nitrogen and oxygen atoms in total. The second-order valence-electron chi connectivity index (χ2n) is 3.44. The number of nitrogens with zero attached hydrogens (tertiary/aromatic N) is 1. The van der Waals surface area contributed by atoms with E-state index in [9.17, 15) is 9.59 Å². The van der Waals surface area contributed by atoms with Crippen LogP contribution in [0.1, 0.15) is 16.2 Å². The molecular weight excluding hydrogens is 244 g/mol. The summed E-state index contributed by atoms with van der Waals surface area (Å²) in [4.78, 5) is 24.6. The summed E-state index contributed by atoms with van der Waals surface area (Å²) in [5, 5.41) is 8.74. The molecule has 1 aromatic heterocycles. The largest absolute Gasteiger partial charge is 0.341 e. The van der Waals surface area contributed by atoms with E-state index in [-0.39, 0.29) is 5.82 Å². The van der Waals surface area contributed by atoms with Crippen molar-refractivity contribution in [2.45, 2.75) is 6.92 Å². The third-order valence-corrected chi connectivity index (χ3v) is 2.55. The van der Waals surface area contributed by atoms with Crippen molar-refractivity contribution in [3.8, 4) is 0 Å². The van der Waals surface area contributed by atoms with Crippen LogP contribution in [0.2, 0.25) is 5.02 Å². The van der Waals surface area contributed by atoms with E-state index < -0.39 is 11.6 Å². The van der Waals surface area contributed by atoms with Crippen molar-refractivity contribution in [3.05, 3.63) is 45.1 Å². The molecule has 0 fully saturated rings. The van der Waals surface area contributed by atoms with E-state index in [0.717, 1.165) is 5.56 Å². The predicted octanol–water partition coefficient (Wildman–Crippen LogP) is 1.31. The van der Waals surface area contributed by atoms with Crippen LogP contribution in [0, 0.1) is 6.92 Å². The van der Waals surface area contributed by atoms with Crippen LogP contribution in [0.4, 0.5) is 5.69 Å². The molecular formula is C10H9ClN4O2. The van der Waals surface area contributed by atoms with Gasteiger partial charge in [0.05, 0.1) is 0 Å². The average molecular weight is 253 g/mol. The number of carbonyl (C=O) groups is 1. The molecule has 3 N–H and O–H groups in total. The number of carbonyl (C=O) groups excluding carboxylic acids is 1. The van der Waals surface area contributed by atoms with Gasteiger partial charge in [0.1, 0.15) is 0 Å². The molecule has 2 aromatic rings. The molecule has 0 saturated heterocycles. The van der Waals surface area contributed by atoms with Gasteiger partial charge < -0.3 is 5.32 Å². The molecule has 0 atom stereocenters. The Morgan fingerprint density at radius 1 is 1.47 bits per heavy atom. The zero-order valence-electron chi connectivity index (χ0n) is 8.87. The van der Waals surface area contributed by atoms with Gasteiger partial charge in [0.15, 0.2) is 0 Å². The van der Waals surface area contributed by atoms with Crippen molar-refractivity contribution in [2.75, 3.05) is 5.32 Å². The minimum atomic E-state index is -0.530. The lowest BCUT2D eigenvalue weighted by Gasteiger charge is -2.04. The number of aromatic nitrogens is 3. The fourth-order valence-electron chi connectivity index (χ4n) is 1.24. The number of hydrogen-bond acceptors (Lipinski definition) is 3. The van der Waals surface area contributed by atoms with Crippen LogP contribution in [-0.4, -0.2) is 21.1 Å². The van der Waals surface area contributed by atoms with Gasteiger partial charge in [-0.25, -0.2) is 9.89 Å². The summed E-state index contributed by atoms with van der Waals surface area (Å²) in [6.45, 7) is 1.86. The lowest BCUT2D eigenvalue weighted by atomic mass is 10.2. The van der Waals surface area contributed by atoms with Gasteiger partial charge in [0.2, 0.25) is 5.82 Å². The van der Waals surface area contributed by atoms with Crippen molar-refractivity contribution >= 4 is 23.2 Å². The first-order valence-corrected chi connectivity index (χ1v) is 5.16. The maximum atomic E-state index is 11.6. The fraction of sp³-hybridized carbons (Fsp3) is 0.100. The molecule has 1 aromatic carbocycles. The summed E-state index contributed by atoms with van der Waals surface area (Å²) in [6, 6.07) is 5.12. The zero-order chi connectivity index (χ0) is 12.4. The van der Waals surface area contributed by atoms with Crippen LogP contribution >= 0.6 is 11.6 Å². The average Bonchev–Trinajstić information content (AvgIpc) is 2.70. The molecule has 0 bridgehead atoms. The zero-order valence-corrected chi connectivity index (χ0v) is 9.63. The maximum absolute atomic E-state index is 11.6. The number of anilines is 1. The van der Waals surface area contributed by atoms with Gasteiger partial charge in [-0.1, -0.05) is 17.7 Å². The summed E-state index contributed by atoms with van der Waals surface area (Å²) < 4.78 is 0. The van der Waals surface area contributed by atoms with Crippen LogP contribution in [0.15, 0.2) is 23.0 Å². The highest BCUT2D eigenvalue weighted by Gasteiger charge is 2.10. The molecule has 1 heterocycles. The number of H-pyrrole nitrogens is 2. The van der Waals surface area contributed by atoms with E-state index in [1.165, 1.54) is 0 Å². The van der Waals surface area contributed by atoms with Crippen LogP contribution in [0.3, 0.4) is 0 Å². The van der Waals surface area contributed by atoms with E-state index in [2.05, 4.69) is 20.5 Å². The Labute approximate surface area is 101 Å². The Balaban J connectivity index is 2.18. The molecule has 0 saturated carbocycles. The number of amides is 1. The van der Waals surface area contributed by atoms with Gasteiger partial charge in [-0.15, -0.1) is 5.10 Å². The third-order valence-electron chi connectivity index (χ3n) is 2.15. The highest BCUT2D eigenvalue weighted by molar-refractivity contribution is 6.31. The number of hydrogen-bond donors (Lipinski definition) is 3. The van der Waals surface area contributed by atoms with Crippen LogP contribution < -0.4 is 11.0 Å². The van der Waals surface area contributed by atoms with Crippen molar-refractivity contribution in [1.29, 1.82) is 0 Å². The Bertz CT molecular complexity index is 617. The summed E-state index contributed by atoms with van der Waals surface area (Å²) in [5.41, 5.74) is 0.921. The summed E-state index contributed by atoms with van der Waals surface area (Å²) in [6.07, 6.45) is 0. The smallest absolute Gasteiger partial charge is 0.319 e. The fourth-order valence-corrected chi connectivity index (χ4v) is 1.42. The van der Waals surface area contributed by atoms with Crippen molar-refractivity contribution in [1.82, 2.24) is 15.2 Å². The van der Waals surface area contributed by atoms with Gasteiger partial charge in [-0.3, -0.25) is 9.78 Å². The molecule has 0 aliphatic rings. The molecule has 7 heteroatoms. The van der Waals surface area contributed by atoms with Gasteiger partial charge in [-0.05, 0) is 24.6 Å². The monoisotopic (exact) mass is 252 g/mol. The van der Waals surface area contributed by atoms with Crippen LogP contribution in [-0.2, 0) is 0 Å². The summed E-state index contributed by atoms with van der Waals surface area (Å²) in [7, 11) is 0. The first kappa shape index (κ1) is 11.4. The molecule has 0 spiro atoms. The second-order valence-corrected chi connectivity index (χ2v) is 3.85. The normalized spacial score (nSPS) is 10.2. The lowest BCUT2D eigenvalue weighted by molar-refractivity contribution is 0.101. The van der Waals surface area contributed by atoms with Crippen LogP contribution in [0.25, 0.3) is 0 Å². The quantitative estimate of drug-likeness (QED) is 0.753. The highest BCUT2D eigenvalue weighted by atomic mass is 35.5. The number of benzene rings is 1. The molecule has 1 amide bonds. The number of aryl methyl sites for hydroxylation is 1.